The number of hydrogen-bond acceptors (Lipinski definition) is 5. The van der Waals surface area contributed by atoms with Crippen LogP contribution < -0.4 is 5.32 Å². The first-order valence-electron chi connectivity index (χ1n) is 8.22. The summed E-state index contributed by atoms with van der Waals surface area (Å²) in [6.07, 6.45) is 0.584. The van der Waals surface area contributed by atoms with Crippen molar-refractivity contribution in [2.45, 2.75) is 46.6 Å². The predicted octanol–water partition coefficient (Wildman–Crippen LogP) is 2.20. The fourth-order valence-corrected chi connectivity index (χ4v) is 2.09. The maximum absolute atomic E-state index is 11.8. The summed E-state index contributed by atoms with van der Waals surface area (Å²) in [5.41, 5.74) is 0. The molecular formula is C16H31IN2O4. The zero-order chi connectivity index (χ0) is 17.7. The Balaban J connectivity index is 3.50. The Morgan fingerprint density at radius 1 is 1.00 bits per heavy atom. The van der Waals surface area contributed by atoms with Gasteiger partial charge in [-0.2, -0.15) is 0 Å². The van der Waals surface area contributed by atoms with Crippen LogP contribution in [-0.4, -0.2) is 60.4 Å². The number of amides is 1. The molecule has 0 aromatic rings. The van der Waals surface area contributed by atoms with Crippen molar-refractivity contribution in [3.63, 3.8) is 0 Å². The lowest BCUT2D eigenvalue weighted by molar-refractivity contribution is -0.129. The molecule has 0 aliphatic rings. The van der Waals surface area contributed by atoms with Crippen LogP contribution in [-0.2, 0) is 19.1 Å². The van der Waals surface area contributed by atoms with Gasteiger partial charge < -0.3 is 14.8 Å². The molecular weight excluding hydrogens is 411 g/mol. The molecule has 0 aliphatic carbocycles. The van der Waals surface area contributed by atoms with Gasteiger partial charge in [0.05, 0.1) is 55.8 Å². The number of Topliss-reactive ketones (excluding diaryl/α,β-unsaturated/α-hetero) is 1. The Bertz CT molecular complexity index is 338. The molecule has 0 aromatic heterocycles. The van der Waals surface area contributed by atoms with E-state index in [0.29, 0.717) is 45.4 Å². The molecule has 0 rings (SSSR count). The predicted molar refractivity (Wildman–Crippen MR) is 99.6 cm³/mol. The fourth-order valence-electron chi connectivity index (χ4n) is 1.65. The van der Waals surface area contributed by atoms with Crippen molar-refractivity contribution >= 4 is 34.6 Å². The Morgan fingerprint density at radius 2 is 1.61 bits per heavy atom. The highest BCUT2D eigenvalue weighted by molar-refractivity contribution is 14.1. The van der Waals surface area contributed by atoms with Gasteiger partial charge in [-0.3, -0.25) is 12.7 Å². The Hall–Kier alpha value is -0.250. The molecule has 0 atom stereocenters. The summed E-state index contributed by atoms with van der Waals surface area (Å²) in [5.74, 6) is 0.0900. The van der Waals surface area contributed by atoms with E-state index in [1.54, 1.807) is 3.11 Å². The van der Waals surface area contributed by atoms with Crippen LogP contribution in [0.3, 0.4) is 0 Å². The molecule has 6 nitrogen and oxygen atoms in total. The number of carbonyl (C=O) groups excluding carboxylic acids is 2. The second-order valence-corrected chi connectivity index (χ2v) is 7.10. The number of nitrogens with one attached hydrogen (secondary N) is 1. The summed E-state index contributed by atoms with van der Waals surface area (Å²) in [7, 11) is 0. The van der Waals surface area contributed by atoms with Crippen LogP contribution in [0.2, 0.25) is 0 Å². The van der Waals surface area contributed by atoms with Gasteiger partial charge in [-0.1, -0.05) is 27.7 Å². The normalized spacial score (nSPS) is 11.3. The van der Waals surface area contributed by atoms with E-state index in [2.05, 4.69) is 19.2 Å². The molecule has 0 aliphatic heterocycles. The highest BCUT2D eigenvalue weighted by Gasteiger charge is 2.14. The zero-order valence-electron chi connectivity index (χ0n) is 14.8. The van der Waals surface area contributed by atoms with Crippen molar-refractivity contribution in [3.8, 4) is 0 Å². The van der Waals surface area contributed by atoms with Gasteiger partial charge in [0.1, 0.15) is 5.78 Å². The molecule has 1 N–H and O–H groups in total. The van der Waals surface area contributed by atoms with Crippen molar-refractivity contribution in [3.05, 3.63) is 0 Å². The minimum atomic E-state index is -0.0285. The number of rotatable bonds is 14. The van der Waals surface area contributed by atoms with Gasteiger partial charge in [-0.15, -0.1) is 0 Å². The first kappa shape index (κ1) is 22.8. The lowest BCUT2D eigenvalue weighted by atomic mass is 10.0. The number of nitrogens with zero attached hydrogens (tertiary/aromatic N) is 1. The Kier molecular flexibility index (Phi) is 14.0. The van der Waals surface area contributed by atoms with Crippen molar-refractivity contribution in [2.75, 3.05) is 39.5 Å². The highest BCUT2D eigenvalue weighted by atomic mass is 127. The summed E-state index contributed by atoms with van der Waals surface area (Å²) >= 11 is 1.97. The molecule has 0 radical (unpaired) electrons. The molecule has 7 heteroatoms. The van der Waals surface area contributed by atoms with E-state index in [4.69, 9.17) is 9.47 Å². The van der Waals surface area contributed by atoms with E-state index >= 15 is 0 Å². The third-order valence-electron chi connectivity index (χ3n) is 3.10. The third-order valence-corrected chi connectivity index (χ3v) is 4.12. The second-order valence-electron chi connectivity index (χ2n) is 5.93. The van der Waals surface area contributed by atoms with Crippen LogP contribution in [0, 0.1) is 5.92 Å². The number of hydrogen-bond donors (Lipinski definition) is 1. The molecule has 0 unspecified atom stereocenters. The SMILES string of the molecule is CC(C)NCCOCCOCCN(I)C(=O)CCC(=O)C(C)C. The van der Waals surface area contributed by atoms with E-state index < -0.39 is 0 Å². The van der Waals surface area contributed by atoms with Crippen molar-refractivity contribution in [1.29, 1.82) is 0 Å². The van der Waals surface area contributed by atoms with Gasteiger partial charge in [0.2, 0.25) is 5.91 Å². The van der Waals surface area contributed by atoms with Gasteiger partial charge in [-0.05, 0) is 0 Å². The van der Waals surface area contributed by atoms with Gasteiger partial charge in [-0.25, -0.2) is 0 Å². The van der Waals surface area contributed by atoms with E-state index in [1.165, 1.54) is 0 Å². The first-order chi connectivity index (χ1) is 10.8. The minimum Gasteiger partial charge on any atom is -0.378 e. The summed E-state index contributed by atoms with van der Waals surface area (Å²) < 4.78 is 12.4. The number of halogens is 1. The summed E-state index contributed by atoms with van der Waals surface area (Å²) in [6.45, 7) is 11.5. The standard InChI is InChI=1S/C16H31IN2O4/c1-13(2)15(20)5-6-16(21)19(17)8-10-23-12-11-22-9-7-18-14(3)4/h13-14,18H,5-12H2,1-4H3. The molecule has 136 valence electrons. The minimum absolute atomic E-state index is 0.00969. The van der Waals surface area contributed by atoms with E-state index in [1.807, 2.05) is 36.7 Å². The van der Waals surface area contributed by atoms with Crippen LogP contribution in [0.15, 0.2) is 0 Å². The lowest BCUT2D eigenvalue weighted by Gasteiger charge is -2.15. The summed E-state index contributed by atoms with van der Waals surface area (Å²) in [4.78, 5) is 23.3. The van der Waals surface area contributed by atoms with Gasteiger partial charge in [0.25, 0.3) is 0 Å². The van der Waals surface area contributed by atoms with E-state index in [-0.39, 0.29) is 24.0 Å². The zero-order valence-corrected chi connectivity index (χ0v) is 16.9. The van der Waals surface area contributed by atoms with Gasteiger partial charge >= 0.3 is 0 Å². The van der Waals surface area contributed by atoms with E-state index in [0.717, 1.165) is 6.54 Å². The first-order valence-corrected chi connectivity index (χ1v) is 9.18. The average Bonchev–Trinajstić information content (AvgIpc) is 2.49. The largest absolute Gasteiger partial charge is 0.378 e. The van der Waals surface area contributed by atoms with Crippen LogP contribution in [0.4, 0.5) is 0 Å². The van der Waals surface area contributed by atoms with Crippen molar-refractivity contribution in [2.24, 2.45) is 5.92 Å². The maximum Gasteiger partial charge on any atom is 0.231 e. The molecule has 0 spiro atoms. The molecule has 23 heavy (non-hydrogen) atoms. The van der Waals surface area contributed by atoms with Crippen LogP contribution in [0.25, 0.3) is 0 Å². The quantitative estimate of drug-likeness (QED) is 0.254. The van der Waals surface area contributed by atoms with Gasteiger partial charge in [0.15, 0.2) is 0 Å². The Labute approximate surface area is 154 Å². The molecule has 0 aromatic carbocycles. The molecule has 0 heterocycles. The molecule has 0 bridgehead atoms. The van der Waals surface area contributed by atoms with E-state index in [9.17, 15) is 9.59 Å². The smallest absolute Gasteiger partial charge is 0.231 e. The number of ketones is 1. The summed E-state index contributed by atoms with van der Waals surface area (Å²) in [6, 6.07) is 0.470. The number of ether oxygens (including phenoxy) is 2. The topological polar surface area (TPSA) is 67.9 Å². The lowest BCUT2D eigenvalue weighted by Crippen LogP contribution is -2.27. The monoisotopic (exact) mass is 442 g/mol. The van der Waals surface area contributed by atoms with Gasteiger partial charge in [0, 0.05) is 31.3 Å². The average molecular weight is 442 g/mol. The molecule has 0 saturated heterocycles. The second kappa shape index (κ2) is 14.1. The third kappa shape index (κ3) is 13.8. The van der Waals surface area contributed by atoms with Crippen LogP contribution >= 0.6 is 22.9 Å². The van der Waals surface area contributed by atoms with Crippen molar-refractivity contribution in [1.82, 2.24) is 8.43 Å². The fraction of sp³-hybridized carbons (Fsp3) is 0.875. The summed E-state index contributed by atoms with van der Waals surface area (Å²) in [5, 5.41) is 3.27. The highest BCUT2D eigenvalue weighted by Crippen LogP contribution is 2.07. The Morgan fingerprint density at radius 3 is 2.17 bits per heavy atom. The van der Waals surface area contributed by atoms with Crippen LogP contribution in [0.1, 0.15) is 40.5 Å². The molecule has 0 saturated carbocycles. The molecule has 0 fully saturated rings. The molecule has 1 amide bonds. The van der Waals surface area contributed by atoms with Crippen molar-refractivity contribution < 1.29 is 19.1 Å². The maximum atomic E-state index is 11.8. The number of carbonyl (C=O) groups is 2. The van der Waals surface area contributed by atoms with Crippen LogP contribution in [0.5, 0.6) is 0 Å².